The van der Waals surface area contributed by atoms with E-state index in [0.29, 0.717) is 22.3 Å². The normalized spacial score (nSPS) is 25.0. The highest BCUT2D eigenvalue weighted by Crippen LogP contribution is 2.33. The first-order chi connectivity index (χ1) is 13.0. The highest BCUT2D eigenvalue weighted by atomic mass is 35.5. The van der Waals surface area contributed by atoms with Crippen molar-refractivity contribution in [2.24, 2.45) is 0 Å². The van der Waals surface area contributed by atoms with Gasteiger partial charge < -0.3 is 4.74 Å². The predicted octanol–water partition coefficient (Wildman–Crippen LogP) is 5.01. The van der Waals surface area contributed by atoms with Crippen LogP contribution in [0.3, 0.4) is 0 Å². The second-order valence-electron chi connectivity index (χ2n) is 7.57. The molecule has 1 aromatic carbocycles. The Morgan fingerprint density at radius 2 is 1.93 bits per heavy atom. The number of halogens is 2. The molecule has 0 radical (unpaired) electrons. The fourth-order valence-corrected chi connectivity index (χ4v) is 4.48. The molecule has 4 rings (SSSR count). The van der Waals surface area contributed by atoms with Gasteiger partial charge in [-0.1, -0.05) is 29.3 Å². The predicted molar refractivity (Wildman–Crippen MR) is 111 cm³/mol. The van der Waals surface area contributed by atoms with Crippen LogP contribution in [0.15, 0.2) is 30.5 Å². The first kappa shape index (κ1) is 19.0. The van der Waals surface area contributed by atoms with Crippen molar-refractivity contribution in [3.63, 3.8) is 0 Å². The molecule has 2 aliphatic rings. The van der Waals surface area contributed by atoms with Gasteiger partial charge in [0.15, 0.2) is 0 Å². The van der Waals surface area contributed by atoms with Crippen LogP contribution in [0.1, 0.15) is 37.9 Å². The van der Waals surface area contributed by atoms with Crippen LogP contribution >= 0.6 is 23.2 Å². The minimum atomic E-state index is 0.298. The molecule has 2 heterocycles. The monoisotopic (exact) mass is 405 g/mol. The Balaban J connectivity index is 1.57. The van der Waals surface area contributed by atoms with Gasteiger partial charge >= 0.3 is 0 Å². The van der Waals surface area contributed by atoms with Crippen molar-refractivity contribution < 1.29 is 4.74 Å². The summed E-state index contributed by atoms with van der Waals surface area (Å²) in [6.45, 7) is 7.24. The third kappa shape index (κ3) is 4.09. The quantitative estimate of drug-likeness (QED) is 0.718. The van der Waals surface area contributed by atoms with Crippen molar-refractivity contribution in [2.75, 3.05) is 19.6 Å². The Morgan fingerprint density at radius 3 is 2.67 bits per heavy atom. The van der Waals surface area contributed by atoms with Crippen molar-refractivity contribution in [1.82, 2.24) is 14.7 Å². The van der Waals surface area contributed by atoms with Gasteiger partial charge in [-0.2, -0.15) is 5.10 Å². The molecule has 1 aromatic heterocycles. The number of aromatic nitrogens is 2. The lowest BCUT2D eigenvalue weighted by molar-refractivity contribution is -0.0646. The zero-order valence-corrected chi connectivity index (χ0v) is 17.3. The van der Waals surface area contributed by atoms with Crippen molar-refractivity contribution in [3.8, 4) is 5.69 Å². The maximum atomic E-state index is 6.20. The lowest BCUT2D eigenvalue weighted by Gasteiger charge is -2.34. The number of hydrogen-bond acceptors (Lipinski definition) is 3. The molecule has 0 amide bonds. The van der Waals surface area contributed by atoms with Crippen molar-refractivity contribution in [2.45, 2.75) is 45.3 Å². The van der Waals surface area contributed by atoms with E-state index in [-0.39, 0.29) is 0 Å². The summed E-state index contributed by atoms with van der Waals surface area (Å²) in [6.07, 6.45) is 8.24. The van der Waals surface area contributed by atoms with Gasteiger partial charge in [-0.3, -0.25) is 4.90 Å². The van der Waals surface area contributed by atoms with Gasteiger partial charge in [0.05, 0.1) is 39.8 Å². The van der Waals surface area contributed by atoms with Gasteiger partial charge in [0, 0.05) is 25.2 Å². The zero-order chi connectivity index (χ0) is 19.0. The first-order valence-corrected chi connectivity index (χ1v) is 10.4. The number of hydrogen-bond donors (Lipinski definition) is 0. The maximum absolute atomic E-state index is 6.20. The van der Waals surface area contributed by atoms with E-state index in [0.717, 1.165) is 44.6 Å². The average Bonchev–Trinajstić information content (AvgIpc) is 3.06. The van der Waals surface area contributed by atoms with Crippen LogP contribution < -0.4 is 0 Å². The number of rotatable bonds is 3. The Hall–Kier alpha value is -1.33. The van der Waals surface area contributed by atoms with E-state index in [2.05, 4.69) is 29.9 Å². The molecule has 6 heteroatoms. The summed E-state index contributed by atoms with van der Waals surface area (Å²) in [5.74, 6) is 0. The third-order valence-electron chi connectivity index (χ3n) is 5.31. The standard InChI is InChI=1S/C21H25Cl2N3O/c1-14-12-25(13-15(2)27-14)9-8-16-4-3-5-21-18(16)11-24-26(21)17-6-7-19(22)20(23)10-17/h6-8,10-11,14-15H,3-5,9,12-13H2,1-2H3/b16-8+. The minimum Gasteiger partial charge on any atom is -0.373 e. The van der Waals surface area contributed by atoms with Gasteiger partial charge in [0.1, 0.15) is 0 Å². The Labute approximate surface area is 170 Å². The third-order valence-corrected chi connectivity index (χ3v) is 6.05. The number of fused-ring (bicyclic) bond motifs is 1. The molecular weight excluding hydrogens is 381 g/mol. The van der Waals surface area contributed by atoms with E-state index in [1.54, 1.807) is 0 Å². The van der Waals surface area contributed by atoms with E-state index < -0.39 is 0 Å². The fraction of sp³-hybridized carbons (Fsp3) is 0.476. The van der Waals surface area contributed by atoms with E-state index in [1.807, 2.05) is 29.1 Å². The molecule has 2 atom stereocenters. The van der Waals surface area contributed by atoms with Gasteiger partial charge in [-0.25, -0.2) is 4.68 Å². The molecule has 0 spiro atoms. The van der Waals surface area contributed by atoms with Gasteiger partial charge in [0.2, 0.25) is 0 Å². The van der Waals surface area contributed by atoms with Crippen molar-refractivity contribution >= 4 is 28.8 Å². The smallest absolute Gasteiger partial charge is 0.0678 e. The molecule has 0 N–H and O–H groups in total. The molecule has 27 heavy (non-hydrogen) atoms. The molecule has 2 aromatic rings. The number of benzene rings is 1. The molecule has 1 aliphatic heterocycles. The maximum Gasteiger partial charge on any atom is 0.0678 e. The topological polar surface area (TPSA) is 30.3 Å². The highest BCUT2D eigenvalue weighted by Gasteiger charge is 2.23. The second-order valence-corrected chi connectivity index (χ2v) is 8.39. The van der Waals surface area contributed by atoms with E-state index in [1.165, 1.54) is 16.8 Å². The molecule has 0 bridgehead atoms. The van der Waals surface area contributed by atoms with Crippen LogP contribution in [0.4, 0.5) is 0 Å². The average molecular weight is 406 g/mol. The lowest BCUT2D eigenvalue weighted by atomic mass is 9.92. The second kappa shape index (κ2) is 7.96. The largest absolute Gasteiger partial charge is 0.373 e. The van der Waals surface area contributed by atoms with Gasteiger partial charge in [-0.15, -0.1) is 0 Å². The molecule has 1 saturated heterocycles. The van der Waals surface area contributed by atoms with Gasteiger partial charge in [-0.05, 0) is 56.9 Å². The molecule has 4 nitrogen and oxygen atoms in total. The van der Waals surface area contributed by atoms with Crippen LogP contribution in [-0.4, -0.2) is 46.5 Å². The molecule has 144 valence electrons. The molecule has 0 saturated carbocycles. The number of allylic oxidation sites excluding steroid dienone is 1. The summed E-state index contributed by atoms with van der Waals surface area (Å²) >= 11 is 12.3. The molecule has 1 fully saturated rings. The Morgan fingerprint density at radius 1 is 1.15 bits per heavy atom. The highest BCUT2D eigenvalue weighted by molar-refractivity contribution is 6.42. The van der Waals surface area contributed by atoms with E-state index in [9.17, 15) is 0 Å². The lowest BCUT2D eigenvalue weighted by Crippen LogP contribution is -2.45. The summed E-state index contributed by atoms with van der Waals surface area (Å²) in [5.41, 5.74) is 4.88. The summed E-state index contributed by atoms with van der Waals surface area (Å²) in [4.78, 5) is 2.48. The number of nitrogens with zero attached hydrogens (tertiary/aromatic N) is 3. The first-order valence-electron chi connectivity index (χ1n) is 9.61. The van der Waals surface area contributed by atoms with Crippen LogP contribution in [0.5, 0.6) is 0 Å². The minimum absolute atomic E-state index is 0.298. The summed E-state index contributed by atoms with van der Waals surface area (Å²) in [6, 6.07) is 5.68. The van der Waals surface area contributed by atoms with Crippen LogP contribution in [0.2, 0.25) is 10.0 Å². The van der Waals surface area contributed by atoms with Crippen LogP contribution in [0.25, 0.3) is 11.3 Å². The summed E-state index contributed by atoms with van der Waals surface area (Å²) < 4.78 is 7.84. The number of morpholine rings is 1. The zero-order valence-electron chi connectivity index (χ0n) is 15.8. The van der Waals surface area contributed by atoms with Gasteiger partial charge in [0.25, 0.3) is 0 Å². The van der Waals surface area contributed by atoms with Crippen molar-refractivity contribution in [3.05, 3.63) is 51.8 Å². The molecule has 2 unspecified atom stereocenters. The van der Waals surface area contributed by atoms with Crippen molar-refractivity contribution in [1.29, 1.82) is 0 Å². The molecular formula is C21H25Cl2N3O. The summed E-state index contributed by atoms with van der Waals surface area (Å²) in [7, 11) is 0. The fourth-order valence-electron chi connectivity index (χ4n) is 4.19. The van der Waals surface area contributed by atoms with E-state index in [4.69, 9.17) is 27.9 Å². The SMILES string of the molecule is CC1CN(C/C=C2\CCCc3c2cnn3-c2ccc(Cl)c(Cl)c2)CC(C)O1. The van der Waals surface area contributed by atoms with E-state index >= 15 is 0 Å². The van der Waals surface area contributed by atoms with Crippen LogP contribution in [0, 0.1) is 0 Å². The Kier molecular flexibility index (Phi) is 5.60. The summed E-state index contributed by atoms with van der Waals surface area (Å²) in [5, 5.41) is 5.77. The molecule has 1 aliphatic carbocycles. The van der Waals surface area contributed by atoms with Crippen LogP contribution in [-0.2, 0) is 11.2 Å². The number of ether oxygens (including phenoxy) is 1. The Bertz CT molecular complexity index is 851.